The standard InChI is InChI=1S/C17H24N6O2/c1-6-11(9-23(4)5)20-13-8-19-15-14(21-13)12(7-18-15)16(25)22-17(2,3)10-24/h6-9,24H,1,10H2,2-5H3,(H,18,19)(H,20,21)(H,22,25)/b11-9+. The molecule has 2 heterocycles. The highest BCUT2D eigenvalue weighted by atomic mass is 16.3. The molecule has 0 saturated carbocycles. The summed E-state index contributed by atoms with van der Waals surface area (Å²) in [7, 11) is 3.80. The van der Waals surface area contributed by atoms with Crippen molar-refractivity contribution in [3.05, 3.63) is 42.5 Å². The van der Waals surface area contributed by atoms with E-state index in [4.69, 9.17) is 0 Å². The molecule has 0 atom stereocenters. The Hall–Kier alpha value is -2.87. The minimum atomic E-state index is -0.728. The molecule has 0 aromatic carbocycles. The Morgan fingerprint density at radius 1 is 1.48 bits per heavy atom. The summed E-state index contributed by atoms with van der Waals surface area (Å²) in [4.78, 5) is 26.0. The SMILES string of the molecule is C=C/C(=C\N(C)C)Nc1cnc2[nH]cc(C(=O)NC(C)(C)CO)c2n1. The molecule has 0 unspecified atom stereocenters. The zero-order chi connectivity index (χ0) is 18.6. The fraction of sp³-hybridized carbons (Fsp3) is 0.353. The van der Waals surface area contributed by atoms with E-state index in [-0.39, 0.29) is 12.5 Å². The van der Waals surface area contributed by atoms with E-state index in [1.807, 2.05) is 25.2 Å². The van der Waals surface area contributed by atoms with Crippen LogP contribution >= 0.6 is 0 Å². The number of aromatic amines is 1. The first-order valence-electron chi connectivity index (χ1n) is 7.81. The van der Waals surface area contributed by atoms with E-state index in [1.54, 1.807) is 32.3 Å². The van der Waals surface area contributed by atoms with Gasteiger partial charge in [0.25, 0.3) is 5.91 Å². The fourth-order valence-electron chi connectivity index (χ4n) is 2.10. The lowest BCUT2D eigenvalue weighted by Gasteiger charge is -2.23. The van der Waals surface area contributed by atoms with Crippen molar-refractivity contribution in [2.75, 3.05) is 26.0 Å². The second kappa shape index (κ2) is 7.35. The summed E-state index contributed by atoms with van der Waals surface area (Å²) in [5.41, 5.74) is 1.35. The fourth-order valence-corrected chi connectivity index (χ4v) is 2.10. The van der Waals surface area contributed by atoms with Crippen LogP contribution in [0.3, 0.4) is 0 Å². The highest BCUT2D eigenvalue weighted by Crippen LogP contribution is 2.18. The molecular formula is C17H24N6O2. The lowest BCUT2D eigenvalue weighted by molar-refractivity contribution is 0.0871. The Kier molecular flexibility index (Phi) is 5.43. The van der Waals surface area contributed by atoms with E-state index < -0.39 is 5.54 Å². The number of aromatic nitrogens is 3. The van der Waals surface area contributed by atoms with Crippen LogP contribution in [0.2, 0.25) is 0 Å². The largest absolute Gasteiger partial charge is 0.394 e. The molecule has 8 heteroatoms. The van der Waals surface area contributed by atoms with Gasteiger partial charge in [0.2, 0.25) is 0 Å². The van der Waals surface area contributed by atoms with Gasteiger partial charge in [0.15, 0.2) is 5.65 Å². The van der Waals surface area contributed by atoms with E-state index in [0.717, 1.165) is 5.70 Å². The van der Waals surface area contributed by atoms with Gasteiger partial charge in [0, 0.05) is 26.5 Å². The first-order valence-corrected chi connectivity index (χ1v) is 7.81. The number of anilines is 1. The van der Waals surface area contributed by atoms with Gasteiger partial charge in [0.05, 0.1) is 29.6 Å². The molecule has 0 bridgehead atoms. The molecule has 0 fully saturated rings. The van der Waals surface area contributed by atoms with Crippen molar-refractivity contribution in [3.8, 4) is 0 Å². The minimum absolute atomic E-state index is 0.169. The Morgan fingerprint density at radius 2 is 2.20 bits per heavy atom. The molecule has 0 aliphatic heterocycles. The van der Waals surface area contributed by atoms with Crippen molar-refractivity contribution in [3.63, 3.8) is 0 Å². The van der Waals surface area contributed by atoms with Gasteiger partial charge in [-0.2, -0.15) is 0 Å². The predicted molar refractivity (Wildman–Crippen MR) is 98.1 cm³/mol. The lowest BCUT2D eigenvalue weighted by Crippen LogP contribution is -2.46. The van der Waals surface area contributed by atoms with Gasteiger partial charge in [-0.3, -0.25) is 4.79 Å². The van der Waals surface area contributed by atoms with Gasteiger partial charge in [-0.25, -0.2) is 9.97 Å². The molecule has 8 nitrogen and oxygen atoms in total. The summed E-state index contributed by atoms with van der Waals surface area (Å²) in [6.45, 7) is 7.06. The number of hydrogen-bond donors (Lipinski definition) is 4. The Balaban J connectivity index is 2.33. The van der Waals surface area contributed by atoms with Crippen LogP contribution in [-0.2, 0) is 0 Å². The first-order chi connectivity index (χ1) is 11.8. The van der Waals surface area contributed by atoms with Crippen LogP contribution in [0.25, 0.3) is 11.2 Å². The number of carbonyl (C=O) groups is 1. The number of aliphatic hydroxyl groups excluding tert-OH is 1. The molecule has 0 saturated heterocycles. The Morgan fingerprint density at radius 3 is 2.80 bits per heavy atom. The van der Waals surface area contributed by atoms with Crippen LogP contribution < -0.4 is 10.6 Å². The van der Waals surface area contributed by atoms with Crippen molar-refractivity contribution >= 4 is 22.9 Å². The summed E-state index contributed by atoms with van der Waals surface area (Å²) in [5, 5.41) is 15.2. The van der Waals surface area contributed by atoms with Gasteiger partial charge >= 0.3 is 0 Å². The summed E-state index contributed by atoms with van der Waals surface area (Å²) in [5.74, 6) is 0.167. The monoisotopic (exact) mass is 344 g/mol. The number of fused-ring (bicyclic) bond motifs is 1. The van der Waals surface area contributed by atoms with Crippen LogP contribution in [0.15, 0.2) is 36.9 Å². The number of amides is 1. The summed E-state index contributed by atoms with van der Waals surface area (Å²) in [6, 6.07) is 0. The van der Waals surface area contributed by atoms with E-state index in [1.165, 1.54) is 0 Å². The van der Waals surface area contributed by atoms with Crippen molar-refractivity contribution in [2.45, 2.75) is 19.4 Å². The quantitative estimate of drug-likeness (QED) is 0.567. The summed E-state index contributed by atoms with van der Waals surface area (Å²) in [6.07, 6.45) is 6.65. The molecule has 0 radical (unpaired) electrons. The van der Waals surface area contributed by atoms with Gasteiger partial charge in [0.1, 0.15) is 11.3 Å². The molecule has 2 aromatic heterocycles. The van der Waals surface area contributed by atoms with Crippen LogP contribution in [0.4, 0.5) is 5.82 Å². The zero-order valence-electron chi connectivity index (χ0n) is 14.9. The molecule has 2 aromatic rings. The van der Waals surface area contributed by atoms with Crippen molar-refractivity contribution in [1.82, 2.24) is 25.2 Å². The number of rotatable bonds is 7. The average Bonchev–Trinajstić information content (AvgIpc) is 2.96. The Labute approximate surface area is 146 Å². The number of nitrogens with zero attached hydrogens (tertiary/aromatic N) is 3. The highest BCUT2D eigenvalue weighted by molar-refractivity contribution is 6.04. The average molecular weight is 344 g/mol. The summed E-state index contributed by atoms with van der Waals surface area (Å²) < 4.78 is 0. The highest BCUT2D eigenvalue weighted by Gasteiger charge is 2.22. The second-order valence-corrected chi connectivity index (χ2v) is 6.53. The minimum Gasteiger partial charge on any atom is -0.394 e. The molecule has 2 rings (SSSR count). The molecular weight excluding hydrogens is 320 g/mol. The third-order valence-electron chi connectivity index (χ3n) is 3.36. The number of hydrogen-bond acceptors (Lipinski definition) is 6. The van der Waals surface area contributed by atoms with Gasteiger partial charge < -0.3 is 25.6 Å². The third kappa shape index (κ3) is 4.57. The van der Waals surface area contributed by atoms with Crippen molar-refractivity contribution in [1.29, 1.82) is 0 Å². The molecule has 0 spiro atoms. The first kappa shape index (κ1) is 18.5. The molecule has 25 heavy (non-hydrogen) atoms. The molecule has 0 aliphatic carbocycles. The van der Waals surface area contributed by atoms with Gasteiger partial charge in [-0.05, 0) is 19.9 Å². The Bertz CT molecular complexity index is 807. The molecule has 1 amide bonds. The van der Waals surface area contributed by atoms with Crippen LogP contribution in [0, 0.1) is 0 Å². The van der Waals surface area contributed by atoms with Crippen LogP contribution in [-0.4, -0.2) is 57.1 Å². The smallest absolute Gasteiger partial charge is 0.255 e. The molecule has 134 valence electrons. The topological polar surface area (TPSA) is 106 Å². The van der Waals surface area contributed by atoms with E-state index in [2.05, 4.69) is 32.2 Å². The van der Waals surface area contributed by atoms with E-state index in [0.29, 0.717) is 22.5 Å². The number of nitrogens with one attached hydrogen (secondary N) is 3. The third-order valence-corrected chi connectivity index (χ3v) is 3.36. The molecule has 4 N–H and O–H groups in total. The number of aliphatic hydroxyl groups is 1. The van der Waals surface area contributed by atoms with Gasteiger partial charge in [-0.1, -0.05) is 6.58 Å². The number of H-pyrrole nitrogens is 1. The maximum absolute atomic E-state index is 12.5. The normalized spacial score (nSPS) is 12.1. The van der Waals surface area contributed by atoms with Gasteiger partial charge in [-0.15, -0.1) is 0 Å². The van der Waals surface area contributed by atoms with Crippen molar-refractivity contribution in [2.24, 2.45) is 0 Å². The maximum atomic E-state index is 12.5. The van der Waals surface area contributed by atoms with E-state index >= 15 is 0 Å². The number of allylic oxidation sites excluding steroid dienone is 1. The molecule has 0 aliphatic rings. The second-order valence-electron chi connectivity index (χ2n) is 6.53. The maximum Gasteiger partial charge on any atom is 0.255 e. The van der Waals surface area contributed by atoms with E-state index in [9.17, 15) is 9.90 Å². The summed E-state index contributed by atoms with van der Waals surface area (Å²) >= 11 is 0. The van der Waals surface area contributed by atoms with Crippen molar-refractivity contribution < 1.29 is 9.90 Å². The zero-order valence-corrected chi connectivity index (χ0v) is 14.9. The predicted octanol–water partition coefficient (Wildman–Crippen LogP) is 1.46. The van der Waals surface area contributed by atoms with Crippen LogP contribution in [0.5, 0.6) is 0 Å². The number of carbonyl (C=O) groups excluding carboxylic acids is 1. The van der Waals surface area contributed by atoms with Crippen LogP contribution in [0.1, 0.15) is 24.2 Å². The lowest BCUT2D eigenvalue weighted by atomic mass is 10.1.